The minimum Gasteiger partial charge on any atom is -0.311 e. The molecular formula is C14H20ClFN2. The van der Waals surface area contributed by atoms with Gasteiger partial charge in [-0.1, -0.05) is 24.1 Å². The van der Waals surface area contributed by atoms with Gasteiger partial charge >= 0.3 is 0 Å². The van der Waals surface area contributed by atoms with Crippen LogP contribution in [-0.2, 0) is 6.54 Å². The van der Waals surface area contributed by atoms with Gasteiger partial charge in [-0.2, -0.15) is 0 Å². The maximum absolute atomic E-state index is 13.5. The summed E-state index contributed by atoms with van der Waals surface area (Å²) < 4.78 is 13.5. The third kappa shape index (κ3) is 4.23. The summed E-state index contributed by atoms with van der Waals surface area (Å²) in [5.41, 5.74) is 0.679. The molecule has 1 aliphatic rings. The van der Waals surface area contributed by atoms with Crippen molar-refractivity contribution in [3.05, 3.63) is 34.6 Å². The Morgan fingerprint density at radius 2 is 2.00 bits per heavy atom. The molecule has 1 N–H and O–H groups in total. The van der Waals surface area contributed by atoms with Gasteiger partial charge < -0.3 is 10.2 Å². The van der Waals surface area contributed by atoms with Crippen molar-refractivity contribution in [3.8, 4) is 0 Å². The van der Waals surface area contributed by atoms with Crippen LogP contribution in [0.2, 0.25) is 5.02 Å². The molecule has 1 saturated heterocycles. The van der Waals surface area contributed by atoms with Crippen LogP contribution in [0.25, 0.3) is 0 Å². The summed E-state index contributed by atoms with van der Waals surface area (Å²) >= 11 is 5.71. The van der Waals surface area contributed by atoms with Crippen LogP contribution in [0.15, 0.2) is 18.2 Å². The highest BCUT2D eigenvalue weighted by molar-refractivity contribution is 6.30. The molecule has 0 bridgehead atoms. The third-order valence-electron chi connectivity index (χ3n) is 3.38. The van der Waals surface area contributed by atoms with E-state index in [1.54, 1.807) is 12.1 Å². The minimum absolute atomic E-state index is 0.229. The van der Waals surface area contributed by atoms with Crippen LogP contribution in [0.3, 0.4) is 0 Å². The molecule has 0 saturated carbocycles. The van der Waals surface area contributed by atoms with Crippen LogP contribution in [0.5, 0.6) is 0 Å². The molecule has 0 atom stereocenters. The van der Waals surface area contributed by atoms with Gasteiger partial charge in [0.25, 0.3) is 0 Å². The maximum atomic E-state index is 13.5. The van der Waals surface area contributed by atoms with E-state index in [4.69, 9.17) is 11.6 Å². The lowest BCUT2D eigenvalue weighted by molar-refractivity contribution is 0.229. The molecular weight excluding hydrogens is 251 g/mol. The second-order valence-electron chi connectivity index (χ2n) is 4.81. The highest BCUT2D eigenvalue weighted by atomic mass is 35.5. The summed E-state index contributed by atoms with van der Waals surface area (Å²) in [5.74, 6) is -0.229. The van der Waals surface area contributed by atoms with Crippen LogP contribution in [0.4, 0.5) is 4.39 Å². The fourth-order valence-electron chi connectivity index (χ4n) is 2.31. The summed E-state index contributed by atoms with van der Waals surface area (Å²) in [6.07, 6.45) is 3.98. The molecule has 2 nitrogen and oxygen atoms in total. The first-order valence-electron chi connectivity index (χ1n) is 6.63. The van der Waals surface area contributed by atoms with Crippen LogP contribution in [0, 0.1) is 5.82 Å². The van der Waals surface area contributed by atoms with E-state index in [1.165, 1.54) is 38.4 Å². The van der Waals surface area contributed by atoms with Crippen molar-refractivity contribution in [1.82, 2.24) is 10.2 Å². The highest BCUT2D eigenvalue weighted by Crippen LogP contribution is 2.14. The Morgan fingerprint density at radius 3 is 2.72 bits per heavy atom. The van der Waals surface area contributed by atoms with Crippen molar-refractivity contribution in [3.63, 3.8) is 0 Å². The molecule has 1 aliphatic heterocycles. The predicted octanol–water partition coefficient (Wildman–Crippen LogP) is 3.05. The number of nitrogens with one attached hydrogen (secondary N) is 1. The monoisotopic (exact) mass is 270 g/mol. The number of hydrogen-bond acceptors (Lipinski definition) is 2. The fourth-order valence-corrected chi connectivity index (χ4v) is 2.47. The van der Waals surface area contributed by atoms with Gasteiger partial charge in [0.1, 0.15) is 5.82 Å². The molecule has 0 spiro atoms. The molecule has 1 heterocycles. The molecule has 0 unspecified atom stereocenters. The summed E-state index contributed by atoms with van der Waals surface area (Å²) in [5, 5.41) is 3.73. The topological polar surface area (TPSA) is 15.3 Å². The molecule has 0 aliphatic carbocycles. The Hall–Kier alpha value is -0.640. The Labute approximate surface area is 113 Å². The standard InChI is InChI=1S/C14H20ClFN2/c15-13-5-4-12(14(16)10-13)11-17-6-9-18-7-2-1-3-8-18/h4-5,10,17H,1-3,6-9,11H2. The average Bonchev–Trinajstić information content (AvgIpc) is 2.38. The fraction of sp³-hybridized carbons (Fsp3) is 0.571. The third-order valence-corrected chi connectivity index (χ3v) is 3.62. The van der Waals surface area contributed by atoms with Crippen LogP contribution in [0.1, 0.15) is 24.8 Å². The number of rotatable bonds is 5. The molecule has 2 rings (SSSR count). The second-order valence-corrected chi connectivity index (χ2v) is 5.25. The Bertz CT molecular complexity index is 378. The Kier molecular flexibility index (Phi) is 5.42. The Balaban J connectivity index is 1.68. The van der Waals surface area contributed by atoms with E-state index in [0.29, 0.717) is 17.1 Å². The van der Waals surface area contributed by atoms with Crippen molar-refractivity contribution in [2.24, 2.45) is 0 Å². The molecule has 4 heteroatoms. The lowest BCUT2D eigenvalue weighted by Crippen LogP contribution is -2.35. The van der Waals surface area contributed by atoms with Crippen molar-refractivity contribution >= 4 is 11.6 Å². The zero-order valence-corrected chi connectivity index (χ0v) is 11.3. The summed E-state index contributed by atoms with van der Waals surface area (Å²) in [4.78, 5) is 2.47. The molecule has 1 aromatic carbocycles. The largest absolute Gasteiger partial charge is 0.311 e. The number of nitrogens with zero attached hydrogens (tertiary/aromatic N) is 1. The van der Waals surface area contributed by atoms with E-state index < -0.39 is 0 Å². The molecule has 18 heavy (non-hydrogen) atoms. The summed E-state index contributed by atoms with van der Waals surface area (Å²) in [6, 6.07) is 4.83. The van der Waals surface area contributed by atoms with Gasteiger partial charge in [-0.05, 0) is 38.1 Å². The molecule has 1 aromatic rings. The minimum atomic E-state index is -0.229. The first kappa shape index (κ1) is 13.8. The van der Waals surface area contributed by atoms with Gasteiger partial charge in [-0.15, -0.1) is 0 Å². The van der Waals surface area contributed by atoms with E-state index in [0.717, 1.165) is 13.1 Å². The molecule has 0 radical (unpaired) electrons. The molecule has 0 amide bonds. The number of hydrogen-bond donors (Lipinski definition) is 1. The van der Waals surface area contributed by atoms with Crippen molar-refractivity contribution in [2.45, 2.75) is 25.8 Å². The number of benzene rings is 1. The summed E-state index contributed by atoms with van der Waals surface area (Å²) in [7, 11) is 0. The van der Waals surface area contributed by atoms with Crippen LogP contribution in [-0.4, -0.2) is 31.1 Å². The SMILES string of the molecule is Fc1cc(Cl)ccc1CNCCN1CCCCC1. The molecule has 100 valence electrons. The van der Waals surface area contributed by atoms with E-state index >= 15 is 0 Å². The zero-order valence-electron chi connectivity index (χ0n) is 10.6. The molecule has 1 fully saturated rings. The van der Waals surface area contributed by atoms with Gasteiger partial charge in [0.15, 0.2) is 0 Å². The van der Waals surface area contributed by atoms with Crippen molar-refractivity contribution in [1.29, 1.82) is 0 Å². The summed E-state index contributed by atoms with van der Waals surface area (Å²) in [6.45, 7) is 4.93. The van der Waals surface area contributed by atoms with Crippen molar-refractivity contribution in [2.75, 3.05) is 26.2 Å². The van der Waals surface area contributed by atoms with Gasteiger partial charge in [0, 0.05) is 30.2 Å². The number of halogens is 2. The smallest absolute Gasteiger partial charge is 0.129 e. The van der Waals surface area contributed by atoms with E-state index in [-0.39, 0.29) is 5.82 Å². The highest BCUT2D eigenvalue weighted by Gasteiger charge is 2.09. The van der Waals surface area contributed by atoms with Crippen LogP contribution >= 0.6 is 11.6 Å². The first-order chi connectivity index (χ1) is 8.75. The second kappa shape index (κ2) is 7.07. The predicted molar refractivity (Wildman–Crippen MR) is 73.4 cm³/mol. The van der Waals surface area contributed by atoms with Gasteiger partial charge in [-0.3, -0.25) is 0 Å². The molecule has 0 aromatic heterocycles. The van der Waals surface area contributed by atoms with Gasteiger partial charge in [0.05, 0.1) is 0 Å². The van der Waals surface area contributed by atoms with E-state index in [1.807, 2.05) is 0 Å². The zero-order chi connectivity index (χ0) is 12.8. The van der Waals surface area contributed by atoms with Crippen LogP contribution < -0.4 is 5.32 Å². The number of piperidine rings is 1. The lowest BCUT2D eigenvalue weighted by Gasteiger charge is -2.26. The van der Waals surface area contributed by atoms with E-state index in [2.05, 4.69) is 10.2 Å². The van der Waals surface area contributed by atoms with Gasteiger partial charge in [-0.25, -0.2) is 4.39 Å². The lowest BCUT2D eigenvalue weighted by atomic mass is 10.1. The number of likely N-dealkylation sites (tertiary alicyclic amines) is 1. The maximum Gasteiger partial charge on any atom is 0.129 e. The average molecular weight is 271 g/mol. The normalized spacial score (nSPS) is 17.0. The van der Waals surface area contributed by atoms with Crippen molar-refractivity contribution < 1.29 is 4.39 Å². The first-order valence-corrected chi connectivity index (χ1v) is 7.00. The van der Waals surface area contributed by atoms with Gasteiger partial charge in [0.2, 0.25) is 0 Å². The Morgan fingerprint density at radius 1 is 1.22 bits per heavy atom. The van der Waals surface area contributed by atoms with E-state index in [9.17, 15) is 4.39 Å². The quantitative estimate of drug-likeness (QED) is 0.828.